The van der Waals surface area contributed by atoms with Crippen molar-refractivity contribution in [3.8, 4) is 5.69 Å². The number of rotatable bonds is 4. The Bertz CT molecular complexity index is 990. The van der Waals surface area contributed by atoms with Crippen LogP contribution in [0.3, 0.4) is 0 Å². The van der Waals surface area contributed by atoms with Crippen molar-refractivity contribution in [3.05, 3.63) is 76.0 Å². The van der Waals surface area contributed by atoms with Gasteiger partial charge in [0.15, 0.2) is 0 Å². The minimum atomic E-state index is -0.168. The van der Waals surface area contributed by atoms with E-state index in [-0.39, 0.29) is 11.8 Å². The fourth-order valence-electron chi connectivity index (χ4n) is 3.02. The standard InChI is InChI=1S/C21H20BrN3O2/c1-13-12-20(14(2)25(13)19-10-4-16(22)5-11-19)21(27)24-18-8-6-17(7-9-18)23-15(3)26/h4-12H,1-3H3,(H,23,26)(H,24,27). The van der Waals surface area contributed by atoms with Crippen LogP contribution in [-0.4, -0.2) is 16.4 Å². The summed E-state index contributed by atoms with van der Waals surface area (Å²) >= 11 is 3.44. The topological polar surface area (TPSA) is 63.1 Å². The Kier molecular flexibility index (Phi) is 5.46. The number of halogens is 1. The number of benzene rings is 2. The number of aromatic nitrogens is 1. The van der Waals surface area contributed by atoms with E-state index in [1.165, 1.54) is 6.92 Å². The number of aryl methyl sites for hydroxylation is 1. The zero-order valence-corrected chi connectivity index (χ0v) is 16.9. The van der Waals surface area contributed by atoms with Crippen LogP contribution >= 0.6 is 15.9 Å². The average Bonchev–Trinajstić information content (AvgIpc) is 2.92. The molecule has 3 aromatic rings. The van der Waals surface area contributed by atoms with Crippen LogP contribution in [0.1, 0.15) is 28.7 Å². The molecule has 0 saturated heterocycles. The molecular formula is C21H20BrN3O2. The van der Waals surface area contributed by atoms with Crippen LogP contribution in [0.15, 0.2) is 59.1 Å². The SMILES string of the molecule is CC(=O)Nc1ccc(NC(=O)c2cc(C)n(-c3ccc(Br)cc3)c2C)cc1. The summed E-state index contributed by atoms with van der Waals surface area (Å²) in [6.07, 6.45) is 0. The van der Waals surface area contributed by atoms with Crippen molar-refractivity contribution in [2.75, 3.05) is 10.6 Å². The predicted molar refractivity (Wildman–Crippen MR) is 112 cm³/mol. The van der Waals surface area contributed by atoms with Crippen LogP contribution in [0.25, 0.3) is 5.69 Å². The molecule has 0 atom stereocenters. The predicted octanol–water partition coefficient (Wildman–Crippen LogP) is 5.07. The maximum Gasteiger partial charge on any atom is 0.257 e. The van der Waals surface area contributed by atoms with E-state index in [1.807, 2.05) is 44.2 Å². The van der Waals surface area contributed by atoms with Gasteiger partial charge in [0, 0.05) is 39.8 Å². The van der Waals surface area contributed by atoms with Gasteiger partial charge in [-0.15, -0.1) is 0 Å². The smallest absolute Gasteiger partial charge is 0.257 e. The molecule has 0 bridgehead atoms. The maximum absolute atomic E-state index is 12.7. The number of hydrogen-bond acceptors (Lipinski definition) is 2. The third kappa shape index (κ3) is 4.28. The minimum Gasteiger partial charge on any atom is -0.326 e. The van der Waals surface area contributed by atoms with Gasteiger partial charge in [0.25, 0.3) is 5.91 Å². The summed E-state index contributed by atoms with van der Waals surface area (Å²) in [7, 11) is 0. The Labute approximate surface area is 166 Å². The lowest BCUT2D eigenvalue weighted by molar-refractivity contribution is -0.114. The lowest BCUT2D eigenvalue weighted by atomic mass is 10.2. The van der Waals surface area contributed by atoms with Gasteiger partial charge in [-0.3, -0.25) is 9.59 Å². The van der Waals surface area contributed by atoms with Crippen molar-refractivity contribution < 1.29 is 9.59 Å². The summed E-state index contributed by atoms with van der Waals surface area (Å²) in [5.74, 6) is -0.300. The summed E-state index contributed by atoms with van der Waals surface area (Å²) in [6.45, 7) is 5.37. The molecule has 2 N–H and O–H groups in total. The molecule has 1 heterocycles. The van der Waals surface area contributed by atoms with Gasteiger partial charge in [0.2, 0.25) is 5.91 Å². The van der Waals surface area contributed by atoms with Gasteiger partial charge in [-0.1, -0.05) is 15.9 Å². The Morgan fingerprint density at radius 1 is 0.889 bits per heavy atom. The Hall–Kier alpha value is -2.86. The number of amides is 2. The van der Waals surface area contributed by atoms with E-state index in [0.29, 0.717) is 16.9 Å². The normalized spacial score (nSPS) is 10.5. The molecule has 0 saturated carbocycles. The van der Waals surface area contributed by atoms with Crippen LogP contribution in [0.4, 0.5) is 11.4 Å². The quantitative estimate of drug-likeness (QED) is 0.612. The van der Waals surface area contributed by atoms with Gasteiger partial charge >= 0.3 is 0 Å². The molecule has 2 amide bonds. The number of anilines is 2. The number of carbonyl (C=O) groups is 2. The molecule has 0 spiro atoms. The highest BCUT2D eigenvalue weighted by molar-refractivity contribution is 9.10. The van der Waals surface area contributed by atoms with Gasteiger partial charge < -0.3 is 15.2 Å². The first-order valence-corrected chi connectivity index (χ1v) is 9.28. The first-order chi connectivity index (χ1) is 12.8. The third-order valence-electron chi connectivity index (χ3n) is 4.22. The molecule has 5 nitrogen and oxygen atoms in total. The Balaban J connectivity index is 1.82. The van der Waals surface area contributed by atoms with Gasteiger partial charge in [-0.25, -0.2) is 0 Å². The summed E-state index contributed by atoms with van der Waals surface area (Å²) < 4.78 is 3.07. The van der Waals surface area contributed by atoms with Crippen molar-refractivity contribution in [1.29, 1.82) is 0 Å². The molecule has 0 aliphatic rings. The molecule has 1 aromatic heterocycles. The first-order valence-electron chi connectivity index (χ1n) is 8.49. The highest BCUT2D eigenvalue weighted by Gasteiger charge is 2.17. The van der Waals surface area contributed by atoms with E-state index in [9.17, 15) is 9.59 Å². The maximum atomic E-state index is 12.7. The molecular weight excluding hydrogens is 406 g/mol. The van der Waals surface area contributed by atoms with Gasteiger partial charge in [0.05, 0.1) is 5.56 Å². The highest BCUT2D eigenvalue weighted by atomic mass is 79.9. The second kappa shape index (κ2) is 7.80. The van der Waals surface area contributed by atoms with Crippen LogP contribution in [0, 0.1) is 13.8 Å². The zero-order chi connectivity index (χ0) is 19.6. The fraction of sp³-hybridized carbons (Fsp3) is 0.143. The van der Waals surface area contributed by atoms with E-state index in [4.69, 9.17) is 0 Å². The molecule has 0 unspecified atom stereocenters. The third-order valence-corrected chi connectivity index (χ3v) is 4.75. The van der Waals surface area contributed by atoms with Crippen LogP contribution < -0.4 is 10.6 Å². The average molecular weight is 426 g/mol. The van der Waals surface area contributed by atoms with Crippen molar-refractivity contribution in [2.45, 2.75) is 20.8 Å². The molecule has 6 heteroatoms. The highest BCUT2D eigenvalue weighted by Crippen LogP contribution is 2.23. The van der Waals surface area contributed by atoms with Gasteiger partial charge in [0.1, 0.15) is 0 Å². The minimum absolute atomic E-state index is 0.132. The van der Waals surface area contributed by atoms with Crippen molar-refractivity contribution >= 4 is 39.1 Å². The second-order valence-electron chi connectivity index (χ2n) is 6.31. The van der Waals surface area contributed by atoms with Crippen LogP contribution in [0.5, 0.6) is 0 Å². The molecule has 0 aliphatic heterocycles. The van der Waals surface area contributed by atoms with E-state index in [0.717, 1.165) is 21.5 Å². The molecule has 0 aliphatic carbocycles. The summed E-state index contributed by atoms with van der Waals surface area (Å²) in [5, 5.41) is 5.61. The molecule has 27 heavy (non-hydrogen) atoms. The number of nitrogens with one attached hydrogen (secondary N) is 2. The number of hydrogen-bond donors (Lipinski definition) is 2. The van der Waals surface area contributed by atoms with E-state index in [1.54, 1.807) is 24.3 Å². The van der Waals surface area contributed by atoms with Gasteiger partial charge in [-0.05, 0) is 68.4 Å². The molecule has 0 radical (unpaired) electrons. The first kappa shape index (κ1) is 18.9. The Morgan fingerprint density at radius 2 is 1.44 bits per heavy atom. The second-order valence-corrected chi connectivity index (χ2v) is 7.22. The fourth-order valence-corrected chi connectivity index (χ4v) is 3.28. The number of nitrogens with zero attached hydrogens (tertiary/aromatic N) is 1. The lowest BCUT2D eigenvalue weighted by Gasteiger charge is -2.10. The molecule has 0 fully saturated rings. The van der Waals surface area contributed by atoms with Crippen molar-refractivity contribution in [1.82, 2.24) is 4.57 Å². The van der Waals surface area contributed by atoms with Crippen LogP contribution in [-0.2, 0) is 4.79 Å². The number of carbonyl (C=O) groups excluding carboxylic acids is 2. The van der Waals surface area contributed by atoms with Crippen LogP contribution in [0.2, 0.25) is 0 Å². The van der Waals surface area contributed by atoms with Crippen molar-refractivity contribution in [2.24, 2.45) is 0 Å². The largest absolute Gasteiger partial charge is 0.326 e. The summed E-state index contributed by atoms with van der Waals surface area (Å²) in [4.78, 5) is 23.8. The van der Waals surface area contributed by atoms with E-state index in [2.05, 4.69) is 31.1 Å². The summed E-state index contributed by atoms with van der Waals surface area (Å²) in [5.41, 5.74) is 4.85. The monoisotopic (exact) mass is 425 g/mol. The zero-order valence-electron chi connectivity index (χ0n) is 15.3. The van der Waals surface area contributed by atoms with E-state index < -0.39 is 0 Å². The van der Waals surface area contributed by atoms with E-state index >= 15 is 0 Å². The van der Waals surface area contributed by atoms with Gasteiger partial charge in [-0.2, -0.15) is 0 Å². The Morgan fingerprint density at radius 3 is 2.00 bits per heavy atom. The molecule has 3 rings (SSSR count). The summed E-state index contributed by atoms with van der Waals surface area (Å²) in [6, 6.07) is 16.9. The molecule has 138 valence electrons. The lowest BCUT2D eigenvalue weighted by Crippen LogP contribution is -2.13. The van der Waals surface area contributed by atoms with Crippen molar-refractivity contribution in [3.63, 3.8) is 0 Å². The molecule has 2 aromatic carbocycles.